The number of methoxy groups -OCH3 is 1. The summed E-state index contributed by atoms with van der Waals surface area (Å²) >= 11 is 1.75. The van der Waals surface area contributed by atoms with Crippen LogP contribution < -0.4 is 15.6 Å². The van der Waals surface area contributed by atoms with Gasteiger partial charge < -0.3 is 15.0 Å². The number of hydrogen-bond acceptors (Lipinski definition) is 5. The number of H-pyrrole nitrogens is 1. The Morgan fingerprint density at radius 2 is 2.22 bits per heavy atom. The third kappa shape index (κ3) is 2.70. The Morgan fingerprint density at radius 3 is 2.89 bits per heavy atom. The van der Waals surface area contributed by atoms with Crippen molar-refractivity contribution in [3.63, 3.8) is 0 Å². The summed E-state index contributed by atoms with van der Waals surface area (Å²) in [6, 6.07) is 4.19. The number of aromatic amines is 1. The Kier molecular flexibility index (Phi) is 3.99. The van der Waals surface area contributed by atoms with Crippen LogP contribution in [0, 0.1) is 0 Å². The molecule has 0 aliphatic rings. The average molecular weight is 265 g/mol. The van der Waals surface area contributed by atoms with Crippen molar-refractivity contribution < 1.29 is 4.74 Å². The van der Waals surface area contributed by atoms with Crippen molar-refractivity contribution in [1.29, 1.82) is 0 Å². The molecular weight excluding hydrogens is 250 g/mol. The van der Waals surface area contributed by atoms with E-state index >= 15 is 0 Å². The summed E-state index contributed by atoms with van der Waals surface area (Å²) in [6.45, 7) is 2.77. The quantitative estimate of drug-likeness (QED) is 0.868. The second-order valence-electron chi connectivity index (χ2n) is 3.69. The molecule has 0 spiro atoms. The van der Waals surface area contributed by atoms with Crippen LogP contribution in [-0.4, -0.2) is 17.1 Å². The van der Waals surface area contributed by atoms with E-state index in [1.807, 2.05) is 0 Å². The van der Waals surface area contributed by atoms with E-state index in [-0.39, 0.29) is 11.3 Å². The van der Waals surface area contributed by atoms with Crippen molar-refractivity contribution in [2.75, 3.05) is 12.4 Å². The number of nitrogens with zero attached hydrogens (tertiary/aromatic N) is 1. The lowest BCUT2D eigenvalue weighted by Crippen LogP contribution is -2.13. The van der Waals surface area contributed by atoms with Gasteiger partial charge >= 0.3 is 0 Å². The molecule has 2 aromatic rings. The monoisotopic (exact) mass is 265 g/mol. The minimum atomic E-state index is -0.282. The molecule has 2 heterocycles. The number of ether oxygens (including phenoxy) is 1. The summed E-state index contributed by atoms with van der Waals surface area (Å²) < 4.78 is 5.03. The second kappa shape index (κ2) is 5.68. The fraction of sp³-hybridized carbons (Fsp3) is 0.333. The van der Waals surface area contributed by atoms with Gasteiger partial charge in [0, 0.05) is 9.75 Å². The molecule has 18 heavy (non-hydrogen) atoms. The summed E-state index contributed by atoms with van der Waals surface area (Å²) in [5.74, 6) is 0.678. The first-order chi connectivity index (χ1) is 8.74. The van der Waals surface area contributed by atoms with Gasteiger partial charge in [-0.1, -0.05) is 6.92 Å². The summed E-state index contributed by atoms with van der Waals surface area (Å²) in [6.07, 6.45) is 2.40. The van der Waals surface area contributed by atoms with Gasteiger partial charge in [0.2, 0.25) is 5.75 Å². The zero-order valence-corrected chi connectivity index (χ0v) is 11.1. The average Bonchev–Trinajstić information content (AvgIpc) is 2.84. The van der Waals surface area contributed by atoms with Crippen LogP contribution in [0.25, 0.3) is 0 Å². The number of nitrogens with one attached hydrogen (secondary N) is 2. The van der Waals surface area contributed by atoms with E-state index in [1.54, 1.807) is 11.3 Å². The van der Waals surface area contributed by atoms with E-state index in [2.05, 4.69) is 34.3 Å². The van der Waals surface area contributed by atoms with Crippen molar-refractivity contribution in [1.82, 2.24) is 9.97 Å². The predicted octanol–water partition coefficient (Wildman–Crippen LogP) is 2.01. The van der Waals surface area contributed by atoms with Gasteiger partial charge in [0.25, 0.3) is 5.56 Å². The first-order valence-corrected chi connectivity index (χ1v) is 6.49. The van der Waals surface area contributed by atoms with E-state index in [4.69, 9.17) is 4.74 Å². The smallest absolute Gasteiger partial charge is 0.295 e. The molecule has 0 saturated carbocycles. The highest BCUT2D eigenvalue weighted by atomic mass is 32.1. The summed E-state index contributed by atoms with van der Waals surface area (Å²) in [4.78, 5) is 20.6. The standard InChI is InChI=1S/C12H15N3O2S/c1-3-8-4-5-9(18-8)6-13-11-10(17-2)12(16)15-7-14-11/h4-5,7H,3,6H2,1-2H3,(H2,13,14,15,16). The third-order valence-electron chi connectivity index (χ3n) is 2.51. The van der Waals surface area contributed by atoms with Crippen molar-refractivity contribution in [3.05, 3.63) is 38.6 Å². The number of rotatable bonds is 5. The van der Waals surface area contributed by atoms with Gasteiger partial charge in [-0.2, -0.15) is 0 Å². The van der Waals surface area contributed by atoms with Gasteiger partial charge in [-0.25, -0.2) is 4.98 Å². The van der Waals surface area contributed by atoms with Gasteiger partial charge in [-0.3, -0.25) is 4.79 Å². The molecule has 0 saturated heterocycles. The largest absolute Gasteiger partial charge is 0.489 e. The SMILES string of the molecule is CCc1ccc(CNc2nc[nH]c(=O)c2OC)s1. The molecule has 0 aliphatic carbocycles. The maximum Gasteiger partial charge on any atom is 0.295 e. The van der Waals surface area contributed by atoms with Gasteiger partial charge in [-0.05, 0) is 18.6 Å². The molecular formula is C12H15N3O2S. The lowest BCUT2D eigenvalue weighted by molar-refractivity contribution is 0.408. The molecule has 6 heteroatoms. The highest BCUT2D eigenvalue weighted by molar-refractivity contribution is 7.12. The van der Waals surface area contributed by atoms with E-state index < -0.39 is 0 Å². The van der Waals surface area contributed by atoms with Crippen molar-refractivity contribution in [2.24, 2.45) is 0 Å². The zero-order chi connectivity index (χ0) is 13.0. The highest BCUT2D eigenvalue weighted by Crippen LogP contribution is 2.20. The van der Waals surface area contributed by atoms with Gasteiger partial charge in [0.15, 0.2) is 5.82 Å². The van der Waals surface area contributed by atoms with E-state index in [9.17, 15) is 4.79 Å². The predicted molar refractivity (Wildman–Crippen MR) is 72.4 cm³/mol. The van der Waals surface area contributed by atoms with Crippen LogP contribution >= 0.6 is 11.3 Å². The normalized spacial score (nSPS) is 10.3. The molecule has 0 radical (unpaired) electrons. The summed E-state index contributed by atoms with van der Waals surface area (Å²) in [5, 5.41) is 3.11. The Bertz CT molecular complexity index is 577. The molecule has 96 valence electrons. The molecule has 2 rings (SSSR count). The Balaban J connectivity index is 2.10. The number of aromatic nitrogens is 2. The molecule has 2 N–H and O–H groups in total. The van der Waals surface area contributed by atoms with Crippen molar-refractivity contribution in [3.8, 4) is 5.75 Å². The molecule has 5 nitrogen and oxygen atoms in total. The fourth-order valence-electron chi connectivity index (χ4n) is 1.58. The first kappa shape index (κ1) is 12.6. The minimum Gasteiger partial charge on any atom is -0.489 e. The van der Waals surface area contributed by atoms with Gasteiger partial charge in [-0.15, -0.1) is 11.3 Å². The number of aryl methyl sites for hydroxylation is 1. The fourth-order valence-corrected chi connectivity index (χ4v) is 2.48. The van der Waals surface area contributed by atoms with Gasteiger partial charge in [0.1, 0.15) is 0 Å². The molecule has 0 aliphatic heterocycles. The van der Waals surface area contributed by atoms with Crippen LogP contribution in [0.3, 0.4) is 0 Å². The Labute approximate surface area is 109 Å². The van der Waals surface area contributed by atoms with Crippen LogP contribution in [0.15, 0.2) is 23.3 Å². The van der Waals surface area contributed by atoms with E-state index in [0.29, 0.717) is 12.4 Å². The topological polar surface area (TPSA) is 67.0 Å². The lowest BCUT2D eigenvalue weighted by atomic mass is 10.3. The third-order valence-corrected chi connectivity index (χ3v) is 3.74. The van der Waals surface area contributed by atoms with Gasteiger partial charge in [0.05, 0.1) is 20.0 Å². The number of thiophene rings is 1. The van der Waals surface area contributed by atoms with E-state index in [0.717, 1.165) is 6.42 Å². The maximum atomic E-state index is 11.5. The summed E-state index contributed by atoms with van der Waals surface area (Å²) in [5.41, 5.74) is -0.282. The molecule has 2 aromatic heterocycles. The number of anilines is 1. The molecule has 0 atom stereocenters. The molecule has 0 unspecified atom stereocenters. The molecule has 0 aromatic carbocycles. The van der Waals surface area contributed by atoms with Crippen LogP contribution in [-0.2, 0) is 13.0 Å². The summed E-state index contributed by atoms with van der Waals surface area (Å²) in [7, 11) is 1.46. The van der Waals surface area contributed by atoms with E-state index in [1.165, 1.54) is 23.2 Å². The Hall–Kier alpha value is -1.82. The van der Waals surface area contributed by atoms with Crippen molar-refractivity contribution in [2.45, 2.75) is 19.9 Å². The highest BCUT2D eigenvalue weighted by Gasteiger charge is 2.08. The zero-order valence-electron chi connectivity index (χ0n) is 10.3. The second-order valence-corrected chi connectivity index (χ2v) is 4.94. The van der Waals surface area contributed by atoms with Crippen LogP contribution in [0.5, 0.6) is 5.75 Å². The van der Waals surface area contributed by atoms with Crippen LogP contribution in [0.4, 0.5) is 5.82 Å². The van der Waals surface area contributed by atoms with Crippen molar-refractivity contribution >= 4 is 17.2 Å². The molecule has 0 bridgehead atoms. The van der Waals surface area contributed by atoms with Crippen LogP contribution in [0.1, 0.15) is 16.7 Å². The number of hydrogen-bond donors (Lipinski definition) is 2. The Morgan fingerprint density at radius 1 is 1.44 bits per heavy atom. The van der Waals surface area contributed by atoms with Crippen LogP contribution in [0.2, 0.25) is 0 Å². The maximum absolute atomic E-state index is 11.5. The minimum absolute atomic E-state index is 0.213. The molecule has 0 fully saturated rings. The lowest BCUT2D eigenvalue weighted by Gasteiger charge is -2.07. The molecule has 0 amide bonds. The first-order valence-electron chi connectivity index (χ1n) is 5.67.